The van der Waals surface area contributed by atoms with Crippen LogP contribution in [0.5, 0.6) is 0 Å². The lowest BCUT2D eigenvalue weighted by atomic mass is 10.2. The molecule has 0 N–H and O–H groups in total. The summed E-state index contributed by atoms with van der Waals surface area (Å²) < 4.78 is 7.25. The predicted molar refractivity (Wildman–Crippen MR) is 84.4 cm³/mol. The van der Waals surface area contributed by atoms with Crippen LogP contribution in [-0.4, -0.2) is 30.1 Å². The molecule has 23 heavy (non-hydrogen) atoms. The molecule has 0 saturated heterocycles. The molecule has 7 heteroatoms. The summed E-state index contributed by atoms with van der Waals surface area (Å²) in [4.78, 5) is 8.49. The topological polar surface area (TPSA) is 82.5 Å². The van der Waals surface area contributed by atoms with Gasteiger partial charge in [-0.25, -0.2) is 4.68 Å². The van der Waals surface area contributed by atoms with Gasteiger partial charge in [-0.1, -0.05) is 10.4 Å². The first-order chi connectivity index (χ1) is 11.2. The third kappa shape index (κ3) is 2.36. The van der Waals surface area contributed by atoms with E-state index in [4.69, 9.17) is 4.52 Å². The van der Waals surface area contributed by atoms with E-state index in [1.54, 1.807) is 12.4 Å². The molecule has 7 nitrogen and oxygen atoms in total. The zero-order valence-corrected chi connectivity index (χ0v) is 12.7. The molecule has 114 valence electrons. The van der Waals surface area contributed by atoms with Crippen LogP contribution in [0.2, 0.25) is 0 Å². The Balaban J connectivity index is 1.74. The van der Waals surface area contributed by atoms with Gasteiger partial charge in [0.25, 0.3) is 5.89 Å². The van der Waals surface area contributed by atoms with Crippen molar-refractivity contribution in [2.24, 2.45) is 0 Å². The lowest BCUT2D eigenvalue weighted by molar-refractivity contribution is 0.432. The molecule has 1 aromatic carbocycles. The van der Waals surface area contributed by atoms with Gasteiger partial charge in [0.2, 0.25) is 5.82 Å². The van der Waals surface area contributed by atoms with Gasteiger partial charge in [0.15, 0.2) is 0 Å². The molecule has 4 aromatic rings. The summed E-state index contributed by atoms with van der Waals surface area (Å²) in [5, 5.41) is 12.4. The second-order valence-corrected chi connectivity index (χ2v) is 5.50. The summed E-state index contributed by atoms with van der Waals surface area (Å²) in [5.41, 5.74) is 3.42. The Labute approximate surface area is 132 Å². The molecular formula is C16H14N6O. The lowest BCUT2D eigenvalue weighted by Gasteiger charge is -2.04. The van der Waals surface area contributed by atoms with Crippen LogP contribution in [0.1, 0.15) is 19.9 Å². The Kier molecular flexibility index (Phi) is 3.11. The maximum atomic E-state index is 5.36. The van der Waals surface area contributed by atoms with Crippen molar-refractivity contribution in [2.45, 2.75) is 19.9 Å². The van der Waals surface area contributed by atoms with Crippen LogP contribution in [0.25, 0.3) is 33.9 Å². The van der Waals surface area contributed by atoms with Gasteiger partial charge in [-0.2, -0.15) is 4.98 Å². The van der Waals surface area contributed by atoms with Gasteiger partial charge in [0.05, 0.1) is 5.52 Å². The van der Waals surface area contributed by atoms with E-state index in [0.717, 1.165) is 22.2 Å². The number of nitrogens with zero attached hydrogens (tertiary/aromatic N) is 6. The molecule has 0 aliphatic heterocycles. The van der Waals surface area contributed by atoms with E-state index < -0.39 is 0 Å². The second kappa shape index (κ2) is 5.28. The van der Waals surface area contributed by atoms with Crippen LogP contribution in [0.15, 0.2) is 47.2 Å². The van der Waals surface area contributed by atoms with Crippen LogP contribution < -0.4 is 0 Å². The van der Waals surface area contributed by atoms with Gasteiger partial charge in [-0.15, -0.1) is 5.10 Å². The van der Waals surface area contributed by atoms with Gasteiger partial charge >= 0.3 is 0 Å². The summed E-state index contributed by atoms with van der Waals surface area (Å²) >= 11 is 0. The van der Waals surface area contributed by atoms with Crippen LogP contribution in [0, 0.1) is 0 Å². The van der Waals surface area contributed by atoms with Gasteiger partial charge in [0, 0.05) is 29.6 Å². The molecular weight excluding hydrogens is 292 g/mol. The number of rotatable bonds is 3. The Morgan fingerprint density at radius 3 is 2.83 bits per heavy atom. The predicted octanol–water partition coefficient (Wildman–Crippen LogP) is 3.12. The quantitative estimate of drug-likeness (QED) is 0.578. The van der Waals surface area contributed by atoms with E-state index in [1.165, 1.54) is 0 Å². The molecule has 0 atom stereocenters. The standard InChI is InChI=1S/C16H14N6O/c1-10(2)22-14-6-5-11(8-13(14)19-21-22)16-18-15(20-23-16)12-4-3-7-17-9-12/h3-10H,1-2H3. The molecule has 0 bridgehead atoms. The number of fused-ring (bicyclic) bond motifs is 1. The van der Waals surface area contributed by atoms with Crippen molar-refractivity contribution in [1.82, 2.24) is 30.1 Å². The van der Waals surface area contributed by atoms with Gasteiger partial charge in [0.1, 0.15) is 5.52 Å². The summed E-state index contributed by atoms with van der Waals surface area (Å²) in [6, 6.07) is 9.79. The molecule has 0 aliphatic carbocycles. The molecule has 0 spiro atoms. The van der Waals surface area contributed by atoms with Crippen LogP contribution in [-0.2, 0) is 0 Å². The number of hydrogen-bond donors (Lipinski definition) is 0. The summed E-state index contributed by atoms with van der Waals surface area (Å²) in [6.45, 7) is 4.14. The fourth-order valence-electron chi connectivity index (χ4n) is 2.41. The SMILES string of the molecule is CC(C)n1nnc2cc(-c3nc(-c4cccnc4)no3)ccc21. The third-order valence-electron chi connectivity index (χ3n) is 3.55. The van der Waals surface area contributed by atoms with E-state index in [9.17, 15) is 0 Å². The highest BCUT2D eigenvalue weighted by molar-refractivity contribution is 5.79. The first-order valence-electron chi connectivity index (χ1n) is 7.32. The third-order valence-corrected chi connectivity index (χ3v) is 3.55. The van der Waals surface area contributed by atoms with Crippen molar-refractivity contribution < 1.29 is 4.52 Å². The summed E-state index contributed by atoms with van der Waals surface area (Å²) in [5.74, 6) is 0.962. The smallest absolute Gasteiger partial charge is 0.258 e. The van der Waals surface area contributed by atoms with E-state index >= 15 is 0 Å². The fourth-order valence-corrected chi connectivity index (χ4v) is 2.41. The fraction of sp³-hybridized carbons (Fsp3) is 0.188. The van der Waals surface area contributed by atoms with Gasteiger partial charge < -0.3 is 4.52 Å². The summed E-state index contributed by atoms with van der Waals surface area (Å²) in [7, 11) is 0. The van der Waals surface area contributed by atoms with E-state index in [1.807, 2.05) is 35.0 Å². The molecule has 3 heterocycles. The van der Waals surface area contributed by atoms with Gasteiger partial charge in [-0.3, -0.25) is 4.98 Å². The highest BCUT2D eigenvalue weighted by Crippen LogP contribution is 2.25. The van der Waals surface area contributed by atoms with Crippen LogP contribution >= 0.6 is 0 Å². The van der Waals surface area contributed by atoms with Crippen LogP contribution in [0.3, 0.4) is 0 Å². The first kappa shape index (κ1) is 13.6. The monoisotopic (exact) mass is 306 g/mol. The lowest BCUT2D eigenvalue weighted by Crippen LogP contribution is -2.02. The average molecular weight is 306 g/mol. The Morgan fingerprint density at radius 2 is 2.04 bits per heavy atom. The van der Waals surface area contributed by atoms with Crippen molar-refractivity contribution in [3.8, 4) is 22.8 Å². The Bertz CT molecular complexity index is 957. The molecule has 0 amide bonds. The minimum Gasteiger partial charge on any atom is -0.334 e. The normalized spacial score (nSPS) is 11.4. The minimum atomic E-state index is 0.256. The molecule has 0 unspecified atom stereocenters. The van der Waals surface area contributed by atoms with Crippen molar-refractivity contribution in [1.29, 1.82) is 0 Å². The Morgan fingerprint density at radius 1 is 1.13 bits per heavy atom. The zero-order valence-electron chi connectivity index (χ0n) is 12.7. The van der Waals surface area contributed by atoms with E-state index in [-0.39, 0.29) is 6.04 Å². The largest absolute Gasteiger partial charge is 0.334 e. The van der Waals surface area contributed by atoms with Crippen molar-refractivity contribution in [3.63, 3.8) is 0 Å². The molecule has 0 aliphatic rings. The number of hydrogen-bond acceptors (Lipinski definition) is 6. The molecule has 0 radical (unpaired) electrons. The number of pyridine rings is 1. The number of benzene rings is 1. The minimum absolute atomic E-state index is 0.256. The number of aromatic nitrogens is 6. The molecule has 4 rings (SSSR count). The highest BCUT2D eigenvalue weighted by Gasteiger charge is 2.13. The van der Waals surface area contributed by atoms with Crippen molar-refractivity contribution >= 4 is 11.0 Å². The summed E-state index contributed by atoms with van der Waals surface area (Å²) in [6.07, 6.45) is 3.41. The average Bonchev–Trinajstić information content (AvgIpc) is 3.22. The van der Waals surface area contributed by atoms with Gasteiger partial charge in [-0.05, 0) is 44.2 Å². The Hall–Kier alpha value is -3.09. The van der Waals surface area contributed by atoms with Crippen molar-refractivity contribution in [2.75, 3.05) is 0 Å². The second-order valence-electron chi connectivity index (χ2n) is 5.50. The maximum Gasteiger partial charge on any atom is 0.258 e. The van der Waals surface area contributed by atoms with E-state index in [2.05, 4.69) is 39.3 Å². The maximum absolute atomic E-state index is 5.36. The molecule has 0 fully saturated rings. The van der Waals surface area contributed by atoms with E-state index in [0.29, 0.717) is 11.7 Å². The highest BCUT2D eigenvalue weighted by atomic mass is 16.5. The first-order valence-corrected chi connectivity index (χ1v) is 7.32. The zero-order chi connectivity index (χ0) is 15.8. The van der Waals surface area contributed by atoms with Crippen molar-refractivity contribution in [3.05, 3.63) is 42.7 Å². The molecule has 3 aromatic heterocycles. The molecule has 0 saturated carbocycles. The van der Waals surface area contributed by atoms with Crippen LogP contribution in [0.4, 0.5) is 0 Å².